The first-order valence-electron chi connectivity index (χ1n) is 7.64. The van der Waals surface area contributed by atoms with Crippen LogP contribution in [-0.2, 0) is 0 Å². The maximum absolute atomic E-state index is 8.96. The normalized spacial score (nSPS) is 29.1. The van der Waals surface area contributed by atoms with E-state index in [9.17, 15) is 0 Å². The van der Waals surface area contributed by atoms with Crippen LogP contribution in [0.1, 0.15) is 36.8 Å². The Hall–Kier alpha value is -1.53. The van der Waals surface area contributed by atoms with Gasteiger partial charge in [-0.3, -0.25) is 0 Å². The molecule has 2 saturated heterocycles. The number of piperidine rings is 1. The molecule has 0 aromatic heterocycles. The molecule has 0 saturated carbocycles. The fourth-order valence-electron chi connectivity index (χ4n) is 3.85. The van der Waals surface area contributed by atoms with Crippen molar-refractivity contribution in [3.8, 4) is 6.07 Å². The predicted octanol–water partition coefficient (Wildman–Crippen LogP) is 3.15. The number of benzene rings is 1. The molecule has 0 amide bonds. The highest BCUT2D eigenvalue weighted by atomic mass is 15.2. The number of nitrogens with one attached hydrogen (secondary N) is 1. The lowest BCUT2D eigenvalue weighted by Gasteiger charge is -2.36. The summed E-state index contributed by atoms with van der Waals surface area (Å²) in [6.45, 7) is 3.06. The van der Waals surface area contributed by atoms with Gasteiger partial charge in [-0.2, -0.15) is 5.26 Å². The van der Waals surface area contributed by atoms with Gasteiger partial charge in [0.15, 0.2) is 0 Å². The van der Waals surface area contributed by atoms with Gasteiger partial charge in [0.25, 0.3) is 0 Å². The fraction of sp³-hybridized carbons (Fsp3) is 0.588. The van der Waals surface area contributed by atoms with Gasteiger partial charge in [-0.15, -0.1) is 0 Å². The van der Waals surface area contributed by atoms with Crippen molar-refractivity contribution in [2.45, 2.75) is 44.7 Å². The average molecular weight is 269 g/mol. The summed E-state index contributed by atoms with van der Waals surface area (Å²) in [6.07, 6.45) is 5.42. The van der Waals surface area contributed by atoms with Crippen LogP contribution in [0.15, 0.2) is 18.2 Å². The van der Waals surface area contributed by atoms with Gasteiger partial charge in [-0.25, -0.2) is 0 Å². The molecule has 3 rings (SSSR count). The van der Waals surface area contributed by atoms with E-state index in [4.69, 9.17) is 5.26 Å². The van der Waals surface area contributed by atoms with Crippen LogP contribution in [0.3, 0.4) is 0 Å². The molecule has 3 nitrogen and oxygen atoms in total. The lowest BCUT2D eigenvalue weighted by atomic mass is 9.91. The zero-order chi connectivity index (χ0) is 14.1. The van der Waals surface area contributed by atoms with Crippen LogP contribution >= 0.6 is 0 Å². The number of nitriles is 1. The second kappa shape index (κ2) is 5.46. The molecule has 2 fully saturated rings. The third-order valence-electron chi connectivity index (χ3n) is 5.14. The highest BCUT2D eigenvalue weighted by Crippen LogP contribution is 2.37. The molecule has 1 N–H and O–H groups in total. The molecule has 1 aromatic carbocycles. The Morgan fingerprint density at radius 1 is 1.30 bits per heavy atom. The van der Waals surface area contributed by atoms with Crippen molar-refractivity contribution >= 4 is 5.69 Å². The summed E-state index contributed by atoms with van der Waals surface area (Å²) in [6, 6.07) is 9.86. The van der Waals surface area contributed by atoms with Crippen molar-refractivity contribution in [3.05, 3.63) is 29.3 Å². The number of hydrogen-bond acceptors (Lipinski definition) is 3. The highest BCUT2D eigenvalue weighted by Gasteiger charge is 2.37. The van der Waals surface area contributed by atoms with E-state index >= 15 is 0 Å². The number of anilines is 1. The molecule has 0 spiro atoms. The van der Waals surface area contributed by atoms with Gasteiger partial charge in [0.1, 0.15) is 0 Å². The minimum atomic E-state index is 0.771. The largest absolute Gasteiger partial charge is 0.385 e. The molecule has 2 unspecified atom stereocenters. The van der Waals surface area contributed by atoms with Gasteiger partial charge < -0.3 is 10.2 Å². The summed E-state index contributed by atoms with van der Waals surface area (Å²) >= 11 is 0. The van der Waals surface area contributed by atoms with Crippen LogP contribution in [0.25, 0.3) is 0 Å². The van der Waals surface area contributed by atoms with E-state index in [-0.39, 0.29) is 0 Å². The first-order chi connectivity index (χ1) is 9.67. The fourth-order valence-corrected chi connectivity index (χ4v) is 3.85. The van der Waals surface area contributed by atoms with Gasteiger partial charge in [-0.05, 0) is 69.3 Å². The van der Waals surface area contributed by atoms with Crippen LogP contribution < -0.4 is 5.32 Å². The van der Waals surface area contributed by atoms with Crippen molar-refractivity contribution in [1.29, 1.82) is 5.26 Å². The van der Waals surface area contributed by atoms with E-state index in [1.54, 1.807) is 0 Å². The van der Waals surface area contributed by atoms with Crippen LogP contribution in [-0.4, -0.2) is 30.6 Å². The second-order valence-corrected chi connectivity index (χ2v) is 6.41. The van der Waals surface area contributed by atoms with Crippen molar-refractivity contribution in [3.63, 3.8) is 0 Å². The van der Waals surface area contributed by atoms with E-state index in [0.717, 1.165) is 41.4 Å². The summed E-state index contributed by atoms with van der Waals surface area (Å²) in [4.78, 5) is 2.59. The number of fused-ring (bicyclic) bond motifs is 2. The van der Waals surface area contributed by atoms with Gasteiger partial charge in [0.05, 0.1) is 11.6 Å². The monoisotopic (exact) mass is 269 g/mol. The number of aryl methyl sites for hydroxylation is 1. The third kappa shape index (κ3) is 2.53. The molecule has 3 heteroatoms. The van der Waals surface area contributed by atoms with Gasteiger partial charge in [0.2, 0.25) is 0 Å². The summed E-state index contributed by atoms with van der Waals surface area (Å²) in [5.41, 5.74) is 2.97. The van der Waals surface area contributed by atoms with E-state index < -0.39 is 0 Å². The topological polar surface area (TPSA) is 39.1 Å². The summed E-state index contributed by atoms with van der Waals surface area (Å²) in [5, 5.41) is 12.5. The summed E-state index contributed by atoms with van der Waals surface area (Å²) in [5.74, 6) is 0.791. The number of nitrogens with zero attached hydrogens (tertiary/aromatic N) is 2. The molecular formula is C17H23N3. The van der Waals surface area contributed by atoms with Crippen LogP contribution in [0.2, 0.25) is 0 Å². The zero-order valence-electron chi connectivity index (χ0n) is 12.4. The molecule has 1 aromatic rings. The number of rotatable bonds is 3. The van der Waals surface area contributed by atoms with Crippen LogP contribution in [0.5, 0.6) is 0 Å². The zero-order valence-corrected chi connectivity index (χ0v) is 12.4. The van der Waals surface area contributed by atoms with Crippen molar-refractivity contribution in [2.24, 2.45) is 5.92 Å². The summed E-state index contributed by atoms with van der Waals surface area (Å²) < 4.78 is 0. The lowest BCUT2D eigenvalue weighted by Crippen LogP contribution is -2.41. The predicted molar refractivity (Wildman–Crippen MR) is 81.7 cm³/mol. The van der Waals surface area contributed by atoms with Crippen molar-refractivity contribution < 1.29 is 0 Å². The molecule has 2 heterocycles. The molecule has 0 aliphatic carbocycles. The standard InChI is InChI=1S/C17H23N3/c1-12-7-15(4-3-14(12)10-18)19-11-13-8-16-5-6-17(9-13)20(16)2/h3-4,7,13,16-17,19H,5-6,8-9,11H2,1-2H3. The Morgan fingerprint density at radius 3 is 2.60 bits per heavy atom. The van der Waals surface area contributed by atoms with E-state index in [1.807, 2.05) is 19.1 Å². The first kappa shape index (κ1) is 13.5. The second-order valence-electron chi connectivity index (χ2n) is 6.41. The van der Waals surface area contributed by atoms with Crippen molar-refractivity contribution in [1.82, 2.24) is 4.90 Å². The Labute approximate surface area is 121 Å². The Bertz CT molecular complexity index is 518. The quantitative estimate of drug-likeness (QED) is 0.916. The van der Waals surface area contributed by atoms with Crippen LogP contribution in [0, 0.1) is 24.2 Å². The molecule has 0 radical (unpaired) electrons. The minimum Gasteiger partial charge on any atom is -0.385 e. The maximum atomic E-state index is 8.96. The molecular weight excluding hydrogens is 246 g/mol. The van der Waals surface area contributed by atoms with Gasteiger partial charge in [-0.1, -0.05) is 0 Å². The Balaban J connectivity index is 1.58. The molecule has 20 heavy (non-hydrogen) atoms. The molecule has 106 valence electrons. The van der Waals surface area contributed by atoms with E-state index in [1.165, 1.54) is 25.7 Å². The SMILES string of the molecule is Cc1cc(NCC2CC3CCC(C2)N3C)ccc1C#N. The molecule has 2 atom stereocenters. The first-order valence-corrected chi connectivity index (χ1v) is 7.64. The summed E-state index contributed by atoms with van der Waals surface area (Å²) in [7, 11) is 2.29. The minimum absolute atomic E-state index is 0.771. The third-order valence-corrected chi connectivity index (χ3v) is 5.14. The van der Waals surface area contributed by atoms with Crippen LogP contribution in [0.4, 0.5) is 5.69 Å². The van der Waals surface area contributed by atoms with Gasteiger partial charge in [0, 0.05) is 24.3 Å². The molecule has 2 aliphatic rings. The highest BCUT2D eigenvalue weighted by molar-refractivity contribution is 5.51. The average Bonchev–Trinajstić information content (AvgIpc) is 2.66. The van der Waals surface area contributed by atoms with Crippen molar-refractivity contribution in [2.75, 3.05) is 18.9 Å². The van der Waals surface area contributed by atoms with E-state index in [2.05, 4.69) is 29.4 Å². The Morgan fingerprint density at radius 2 is 2.00 bits per heavy atom. The van der Waals surface area contributed by atoms with E-state index in [0.29, 0.717) is 0 Å². The number of hydrogen-bond donors (Lipinski definition) is 1. The maximum Gasteiger partial charge on any atom is 0.0994 e. The molecule has 2 aliphatic heterocycles. The lowest BCUT2D eigenvalue weighted by molar-refractivity contribution is 0.139. The Kier molecular flexibility index (Phi) is 3.67. The van der Waals surface area contributed by atoms with Gasteiger partial charge >= 0.3 is 0 Å². The molecule has 2 bridgehead atoms. The smallest absolute Gasteiger partial charge is 0.0994 e.